The molecule has 0 aromatic rings. The SMILES string of the molecule is CC(C)C1CCC(OCCN2CCC(C(C)C)CC2)CC1. The Labute approximate surface area is 132 Å². The molecule has 2 rings (SSSR count). The third-order valence-corrected chi connectivity index (χ3v) is 6.00. The molecule has 1 aliphatic carbocycles. The van der Waals surface area contributed by atoms with Crippen molar-refractivity contribution in [3.63, 3.8) is 0 Å². The fourth-order valence-corrected chi connectivity index (χ4v) is 4.11. The van der Waals surface area contributed by atoms with E-state index >= 15 is 0 Å². The van der Waals surface area contributed by atoms with Crippen molar-refractivity contribution in [1.82, 2.24) is 4.90 Å². The van der Waals surface area contributed by atoms with Crippen molar-refractivity contribution >= 4 is 0 Å². The Bertz CT molecular complexity index is 245. The number of ether oxygens (including phenoxy) is 1. The summed E-state index contributed by atoms with van der Waals surface area (Å²) in [5.74, 6) is 3.61. The highest BCUT2D eigenvalue weighted by Gasteiger charge is 2.24. The highest BCUT2D eigenvalue weighted by Crippen LogP contribution is 2.31. The number of rotatable bonds is 6. The van der Waals surface area contributed by atoms with E-state index in [-0.39, 0.29) is 0 Å². The second-order valence-corrected chi connectivity index (χ2v) is 8.07. The lowest BCUT2D eigenvalue weighted by Crippen LogP contribution is -2.38. The van der Waals surface area contributed by atoms with E-state index < -0.39 is 0 Å². The first-order valence-corrected chi connectivity index (χ1v) is 9.40. The van der Waals surface area contributed by atoms with E-state index in [0.29, 0.717) is 6.10 Å². The minimum absolute atomic E-state index is 0.549. The van der Waals surface area contributed by atoms with E-state index in [4.69, 9.17) is 4.74 Å². The second kappa shape index (κ2) is 8.53. The monoisotopic (exact) mass is 295 g/mol. The topological polar surface area (TPSA) is 12.5 Å². The number of piperidine rings is 1. The molecule has 124 valence electrons. The summed E-state index contributed by atoms with van der Waals surface area (Å²) in [6, 6.07) is 0. The van der Waals surface area contributed by atoms with Crippen LogP contribution in [0, 0.1) is 23.7 Å². The molecular weight excluding hydrogens is 258 g/mol. The summed E-state index contributed by atoms with van der Waals surface area (Å²) >= 11 is 0. The van der Waals surface area contributed by atoms with Crippen LogP contribution < -0.4 is 0 Å². The largest absolute Gasteiger partial charge is 0.377 e. The summed E-state index contributed by atoms with van der Waals surface area (Å²) in [5, 5.41) is 0. The highest BCUT2D eigenvalue weighted by molar-refractivity contribution is 4.76. The zero-order valence-corrected chi connectivity index (χ0v) is 14.8. The third kappa shape index (κ3) is 5.56. The van der Waals surface area contributed by atoms with Crippen LogP contribution in [0.25, 0.3) is 0 Å². The first kappa shape index (κ1) is 17.3. The van der Waals surface area contributed by atoms with Gasteiger partial charge in [0.2, 0.25) is 0 Å². The molecule has 0 amide bonds. The quantitative estimate of drug-likeness (QED) is 0.711. The van der Waals surface area contributed by atoms with Crippen LogP contribution in [0.3, 0.4) is 0 Å². The molecule has 0 spiro atoms. The molecule has 1 heterocycles. The lowest BCUT2D eigenvalue weighted by atomic mass is 9.80. The Balaban J connectivity index is 1.55. The van der Waals surface area contributed by atoms with Crippen LogP contribution >= 0.6 is 0 Å². The molecule has 0 aromatic carbocycles. The number of hydrogen-bond donors (Lipinski definition) is 0. The van der Waals surface area contributed by atoms with Crippen LogP contribution in [-0.4, -0.2) is 37.2 Å². The van der Waals surface area contributed by atoms with E-state index in [1.165, 1.54) is 51.6 Å². The van der Waals surface area contributed by atoms with Gasteiger partial charge in [0.25, 0.3) is 0 Å². The minimum Gasteiger partial charge on any atom is -0.377 e. The molecule has 1 saturated carbocycles. The standard InChI is InChI=1S/C19H37NO/c1-15(2)17-5-7-19(8-6-17)21-14-13-20-11-9-18(10-12-20)16(3)4/h15-19H,5-14H2,1-4H3. The fraction of sp³-hybridized carbons (Fsp3) is 1.00. The summed E-state index contributed by atoms with van der Waals surface area (Å²) in [5.41, 5.74) is 0. The van der Waals surface area contributed by atoms with Gasteiger partial charge in [-0.3, -0.25) is 0 Å². The van der Waals surface area contributed by atoms with Gasteiger partial charge in [0.1, 0.15) is 0 Å². The average molecular weight is 296 g/mol. The number of nitrogens with zero attached hydrogens (tertiary/aromatic N) is 1. The van der Waals surface area contributed by atoms with Gasteiger partial charge in [-0.25, -0.2) is 0 Å². The third-order valence-electron chi connectivity index (χ3n) is 6.00. The van der Waals surface area contributed by atoms with Crippen molar-refractivity contribution in [2.45, 2.75) is 72.3 Å². The molecule has 1 saturated heterocycles. The lowest BCUT2D eigenvalue weighted by Gasteiger charge is -2.35. The number of hydrogen-bond acceptors (Lipinski definition) is 2. The Morgan fingerprint density at radius 3 is 1.86 bits per heavy atom. The molecular formula is C19H37NO. The molecule has 21 heavy (non-hydrogen) atoms. The molecule has 0 N–H and O–H groups in total. The Kier molecular flexibility index (Phi) is 7.01. The molecule has 0 bridgehead atoms. The highest BCUT2D eigenvalue weighted by atomic mass is 16.5. The molecule has 0 radical (unpaired) electrons. The fourth-order valence-electron chi connectivity index (χ4n) is 4.11. The first-order chi connectivity index (χ1) is 10.1. The van der Waals surface area contributed by atoms with Gasteiger partial charge in [-0.15, -0.1) is 0 Å². The maximum absolute atomic E-state index is 6.15. The second-order valence-electron chi connectivity index (χ2n) is 8.07. The maximum Gasteiger partial charge on any atom is 0.0597 e. The van der Waals surface area contributed by atoms with Crippen LogP contribution in [-0.2, 0) is 4.74 Å². The summed E-state index contributed by atoms with van der Waals surface area (Å²) in [7, 11) is 0. The molecule has 2 aliphatic rings. The van der Waals surface area contributed by atoms with E-state index in [1.807, 2.05) is 0 Å². The van der Waals surface area contributed by atoms with Gasteiger partial charge in [0, 0.05) is 6.54 Å². The van der Waals surface area contributed by atoms with E-state index in [0.717, 1.165) is 36.8 Å². The molecule has 1 aliphatic heterocycles. The normalized spacial score (nSPS) is 29.4. The maximum atomic E-state index is 6.15. The number of likely N-dealkylation sites (tertiary alicyclic amines) is 1. The minimum atomic E-state index is 0.549. The summed E-state index contributed by atoms with van der Waals surface area (Å²) in [6.07, 6.45) is 8.66. The lowest BCUT2D eigenvalue weighted by molar-refractivity contribution is -0.00117. The first-order valence-electron chi connectivity index (χ1n) is 9.40. The van der Waals surface area contributed by atoms with Gasteiger partial charge >= 0.3 is 0 Å². The van der Waals surface area contributed by atoms with Gasteiger partial charge < -0.3 is 9.64 Å². The Morgan fingerprint density at radius 1 is 0.810 bits per heavy atom. The van der Waals surface area contributed by atoms with Gasteiger partial charge in [0.05, 0.1) is 12.7 Å². The van der Waals surface area contributed by atoms with Crippen LogP contribution in [0.5, 0.6) is 0 Å². The van der Waals surface area contributed by atoms with Gasteiger partial charge in [-0.05, 0) is 75.3 Å². The van der Waals surface area contributed by atoms with Crippen molar-refractivity contribution in [3.8, 4) is 0 Å². The predicted octanol–water partition coefficient (Wildman–Crippen LogP) is 4.59. The van der Waals surface area contributed by atoms with Crippen molar-refractivity contribution in [3.05, 3.63) is 0 Å². The Morgan fingerprint density at radius 2 is 1.33 bits per heavy atom. The van der Waals surface area contributed by atoms with E-state index in [1.54, 1.807) is 0 Å². The van der Waals surface area contributed by atoms with E-state index in [9.17, 15) is 0 Å². The zero-order valence-electron chi connectivity index (χ0n) is 14.8. The smallest absolute Gasteiger partial charge is 0.0597 e. The van der Waals surface area contributed by atoms with Gasteiger partial charge in [-0.1, -0.05) is 27.7 Å². The van der Waals surface area contributed by atoms with Crippen molar-refractivity contribution < 1.29 is 4.74 Å². The van der Waals surface area contributed by atoms with Crippen LogP contribution in [0.1, 0.15) is 66.2 Å². The Hall–Kier alpha value is -0.0800. The molecule has 0 atom stereocenters. The van der Waals surface area contributed by atoms with Crippen LogP contribution in [0.2, 0.25) is 0 Å². The molecule has 2 heteroatoms. The molecule has 0 aromatic heterocycles. The predicted molar refractivity (Wildman–Crippen MR) is 90.5 cm³/mol. The average Bonchev–Trinajstić information content (AvgIpc) is 2.48. The van der Waals surface area contributed by atoms with Crippen molar-refractivity contribution in [2.75, 3.05) is 26.2 Å². The molecule has 0 unspecified atom stereocenters. The van der Waals surface area contributed by atoms with Gasteiger partial charge in [0.15, 0.2) is 0 Å². The molecule has 2 fully saturated rings. The summed E-state index contributed by atoms with van der Waals surface area (Å²) in [4.78, 5) is 2.61. The zero-order chi connectivity index (χ0) is 15.2. The van der Waals surface area contributed by atoms with Crippen molar-refractivity contribution in [1.29, 1.82) is 0 Å². The van der Waals surface area contributed by atoms with Crippen LogP contribution in [0.4, 0.5) is 0 Å². The van der Waals surface area contributed by atoms with Crippen LogP contribution in [0.15, 0.2) is 0 Å². The van der Waals surface area contributed by atoms with Crippen molar-refractivity contribution in [2.24, 2.45) is 23.7 Å². The molecule has 2 nitrogen and oxygen atoms in total. The van der Waals surface area contributed by atoms with Gasteiger partial charge in [-0.2, -0.15) is 0 Å². The van der Waals surface area contributed by atoms with E-state index in [2.05, 4.69) is 32.6 Å². The summed E-state index contributed by atoms with van der Waals surface area (Å²) < 4.78 is 6.15. The summed E-state index contributed by atoms with van der Waals surface area (Å²) in [6.45, 7) is 14.1.